The summed E-state index contributed by atoms with van der Waals surface area (Å²) < 4.78 is 25.7. The van der Waals surface area contributed by atoms with E-state index in [9.17, 15) is 8.78 Å². The number of likely N-dealkylation sites (tertiary alicyclic amines) is 1. The van der Waals surface area contributed by atoms with Crippen LogP contribution in [0.1, 0.15) is 38.5 Å². The molecule has 1 saturated heterocycles. The molecule has 0 unspecified atom stereocenters. The third-order valence-electron chi connectivity index (χ3n) is 3.34. The van der Waals surface area contributed by atoms with E-state index in [1.165, 1.54) is 12.8 Å². The molecule has 0 atom stereocenters. The summed E-state index contributed by atoms with van der Waals surface area (Å²) >= 11 is 0. The van der Waals surface area contributed by atoms with Crippen molar-refractivity contribution in [2.45, 2.75) is 50.5 Å². The highest BCUT2D eigenvalue weighted by atomic mass is 19.3. The van der Waals surface area contributed by atoms with Crippen molar-refractivity contribution in [1.82, 2.24) is 4.90 Å². The van der Waals surface area contributed by atoms with Crippen LogP contribution in [0.25, 0.3) is 0 Å². The molecule has 0 spiro atoms. The molecular weight excluding hydrogens is 172 g/mol. The van der Waals surface area contributed by atoms with E-state index >= 15 is 0 Å². The normalized spacial score (nSPS) is 30.9. The summed E-state index contributed by atoms with van der Waals surface area (Å²) in [5, 5.41) is 0. The predicted molar refractivity (Wildman–Crippen MR) is 48.0 cm³/mol. The van der Waals surface area contributed by atoms with Crippen molar-refractivity contribution in [3.8, 4) is 0 Å². The maximum Gasteiger partial charge on any atom is 0.248 e. The van der Waals surface area contributed by atoms with Crippen LogP contribution in [0.4, 0.5) is 8.78 Å². The molecule has 1 saturated carbocycles. The summed E-state index contributed by atoms with van der Waals surface area (Å²) in [6.45, 7) is 2.27. The maximum absolute atomic E-state index is 12.8. The van der Waals surface area contributed by atoms with Crippen molar-refractivity contribution in [1.29, 1.82) is 0 Å². The Kier molecular flexibility index (Phi) is 2.54. The molecule has 0 bridgehead atoms. The Labute approximate surface area is 78.1 Å². The Balaban J connectivity index is 1.83. The number of nitrogens with zero attached hydrogens (tertiary/aromatic N) is 1. The van der Waals surface area contributed by atoms with Crippen molar-refractivity contribution in [2.24, 2.45) is 0 Å². The minimum absolute atomic E-state index is 0.105. The average molecular weight is 189 g/mol. The molecule has 0 aromatic carbocycles. The van der Waals surface area contributed by atoms with Crippen LogP contribution in [0.15, 0.2) is 0 Å². The van der Waals surface area contributed by atoms with Crippen LogP contribution in [0.2, 0.25) is 0 Å². The topological polar surface area (TPSA) is 3.24 Å². The Bertz CT molecular complexity index is 166. The molecule has 0 amide bonds. The SMILES string of the molecule is FC1(F)CCC(N2CCCC2)CC1. The second kappa shape index (κ2) is 3.52. The second-order valence-electron chi connectivity index (χ2n) is 4.33. The summed E-state index contributed by atoms with van der Waals surface area (Å²) in [5.41, 5.74) is 0. The highest BCUT2D eigenvalue weighted by molar-refractivity contribution is 4.84. The molecule has 2 aliphatic rings. The lowest BCUT2D eigenvalue weighted by atomic mass is 9.91. The quantitative estimate of drug-likeness (QED) is 0.613. The predicted octanol–water partition coefficient (Wildman–Crippen LogP) is 2.66. The lowest BCUT2D eigenvalue weighted by Gasteiger charge is -2.34. The van der Waals surface area contributed by atoms with Crippen molar-refractivity contribution in [3.05, 3.63) is 0 Å². The van der Waals surface area contributed by atoms with E-state index in [1.807, 2.05) is 0 Å². The Morgan fingerprint density at radius 3 is 2.08 bits per heavy atom. The summed E-state index contributed by atoms with van der Waals surface area (Å²) in [7, 11) is 0. The van der Waals surface area contributed by atoms with Gasteiger partial charge in [-0.3, -0.25) is 0 Å². The Morgan fingerprint density at radius 1 is 1.00 bits per heavy atom. The van der Waals surface area contributed by atoms with E-state index < -0.39 is 5.92 Å². The van der Waals surface area contributed by atoms with E-state index in [0.717, 1.165) is 13.1 Å². The van der Waals surface area contributed by atoms with Gasteiger partial charge in [-0.2, -0.15) is 0 Å². The minimum Gasteiger partial charge on any atom is -0.300 e. The Morgan fingerprint density at radius 2 is 1.54 bits per heavy atom. The molecule has 0 aromatic heterocycles. The van der Waals surface area contributed by atoms with Crippen molar-refractivity contribution in [3.63, 3.8) is 0 Å². The molecule has 2 fully saturated rings. The highest BCUT2D eigenvalue weighted by Crippen LogP contribution is 2.35. The number of halogens is 2. The number of alkyl halides is 2. The number of hydrogen-bond acceptors (Lipinski definition) is 1. The molecule has 3 heteroatoms. The Hall–Kier alpha value is -0.180. The smallest absolute Gasteiger partial charge is 0.248 e. The van der Waals surface area contributed by atoms with Crippen LogP contribution in [0, 0.1) is 0 Å². The largest absolute Gasteiger partial charge is 0.300 e. The van der Waals surface area contributed by atoms with Gasteiger partial charge in [-0.15, -0.1) is 0 Å². The fourth-order valence-corrected chi connectivity index (χ4v) is 2.50. The fourth-order valence-electron chi connectivity index (χ4n) is 2.50. The van der Waals surface area contributed by atoms with E-state index in [0.29, 0.717) is 18.9 Å². The standard InChI is InChI=1S/C10H17F2N/c11-10(12)5-3-9(4-6-10)13-7-1-2-8-13/h9H,1-8H2. The lowest BCUT2D eigenvalue weighted by molar-refractivity contribution is -0.0515. The summed E-state index contributed by atoms with van der Waals surface area (Å²) in [6, 6.07) is 0.460. The summed E-state index contributed by atoms with van der Waals surface area (Å²) in [5.74, 6) is -2.36. The zero-order valence-electron chi connectivity index (χ0n) is 7.94. The molecule has 13 heavy (non-hydrogen) atoms. The van der Waals surface area contributed by atoms with Gasteiger partial charge in [-0.25, -0.2) is 8.78 Å². The zero-order valence-corrected chi connectivity index (χ0v) is 7.94. The van der Waals surface area contributed by atoms with Gasteiger partial charge in [0.2, 0.25) is 5.92 Å². The summed E-state index contributed by atoms with van der Waals surface area (Å²) in [4.78, 5) is 2.40. The first kappa shape index (κ1) is 9.38. The first-order chi connectivity index (χ1) is 6.17. The average Bonchev–Trinajstić information content (AvgIpc) is 2.56. The molecule has 76 valence electrons. The van der Waals surface area contributed by atoms with Crippen molar-refractivity contribution >= 4 is 0 Å². The van der Waals surface area contributed by atoms with Crippen molar-refractivity contribution in [2.75, 3.05) is 13.1 Å². The zero-order chi connectivity index (χ0) is 9.31. The first-order valence-electron chi connectivity index (χ1n) is 5.29. The van der Waals surface area contributed by atoms with Gasteiger partial charge in [0, 0.05) is 18.9 Å². The number of rotatable bonds is 1. The highest BCUT2D eigenvalue weighted by Gasteiger charge is 2.37. The van der Waals surface area contributed by atoms with Crippen LogP contribution in [-0.2, 0) is 0 Å². The molecule has 1 heterocycles. The van der Waals surface area contributed by atoms with E-state index in [1.54, 1.807) is 0 Å². The van der Waals surface area contributed by atoms with Crippen LogP contribution in [0.3, 0.4) is 0 Å². The maximum atomic E-state index is 12.8. The molecule has 0 N–H and O–H groups in total. The minimum atomic E-state index is -2.36. The second-order valence-corrected chi connectivity index (χ2v) is 4.33. The van der Waals surface area contributed by atoms with Crippen LogP contribution >= 0.6 is 0 Å². The number of hydrogen-bond donors (Lipinski definition) is 0. The van der Waals surface area contributed by atoms with E-state index in [2.05, 4.69) is 4.90 Å². The van der Waals surface area contributed by atoms with E-state index in [-0.39, 0.29) is 12.8 Å². The van der Waals surface area contributed by atoms with Gasteiger partial charge in [0.15, 0.2) is 0 Å². The molecular formula is C10H17F2N. The van der Waals surface area contributed by atoms with Crippen molar-refractivity contribution < 1.29 is 8.78 Å². The first-order valence-corrected chi connectivity index (χ1v) is 5.29. The third kappa shape index (κ3) is 2.19. The molecule has 1 aliphatic carbocycles. The van der Waals surface area contributed by atoms with Gasteiger partial charge >= 0.3 is 0 Å². The fraction of sp³-hybridized carbons (Fsp3) is 1.00. The van der Waals surface area contributed by atoms with Crippen LogP contribution in [-0.4, -0.2) is 30.0 Å². The third-order valence-corrected chi connectivity index (χ3v) is 3.34. The van der Waals surface area contributed by atoms with Crippen LogP contribution < -0.4 is 0 Å². The van der Waals surface area contributed by atoms with Gasteiger partial charge in [0.25, 0.3) is 0 Å². The van der Waals surface area contributed by atoms with Gasteiger partial charge in [-0.1, -0.05) is 0 Å². The molecule has 2 rings (SSSR count). The molecule has 0 aromatic rings. The van der Waals surface area contributed by atoms with E-state index in [4.69, 9.17) is 0 Å². The monoisotopic (exact) mass is 189 g/mol. The van der Waals surface area contributed by atoms with Gasteiger partial charge in [0.1, 0.15) is 0 Å². The van der Waals surface area contributed by atoms with Gasteiger partial charge in [-0.05, 0) is 38.8 Å². The molecule has 1 aliphatic heterocycles. The molecule has 0 radical (unpaired) electrons. The summed E-state index contributed by atoms with van der Waals surface area (Å²) in [6.07, 6.45) is 4.13. The lowest BCUT2D eigenvalue weighted by Crippen LogP contribution is -2.38. The van der Waals surface area contributed by atoms with Gasteiger partial charge in [0.05, 0.1) is 0 Å². The molecule has 1 nitrogen and oxygen atoms in total. The van der Waals surface area contributed by atoms with Crippen LogP contribution in [0.5, 0.6) is 0 Å². The van der Waals surface area contributed by atoms with Gasteiger partial charge < -0.3 is 4.90 Å².